The average molecular weight is 213 g/mol. The second kappa shape index (κ2) is 4.64. The summed E-state index contributed by atoms with van der Waals surface area (Å²) < 4.78 is 0. The molecule has 0 aromatic carbocycles. The molecular formula is C11H19NO3. The molecule has 1 heterocycles. The van der Waals surface area contributed by atoms with Crippen LogP contribution in [-0.4, -0.2) is 35.0 Å². The summed E-state index contributed by atoms with van der Waals surface area (Å²) in [5.74, 6) is -0.690. The van der Waals surface area contributed by atoms with E-state index in [4.69, 9.17) is 0 Å². The fraction of sp³-hybridized carbons (Fsp3) is 0.818. The highest BCUT2D eigenvalue weighted by Gasteiger charge is 2.44. The van der Waals surface area contributed by atoms with Gasteiger partial charge in [-0.3, -0.25) is 9.59 Å². The molecule has 15 heavy (non-hydrogen) atoms. The summed E-state index contributed by atoms with van der Waals surface area (Å²) in [5.41, 5.74) is -0.681. The molecule has 0 aromatic rings. The van der Waals surface area contributed by atoms with Gasteiger partial charge in [-0.2, -0.15) is 0 Å². The molecule has 86 valence electrons. The lowest BCUT2D eigenvalue weighted by Gasteiger charge is -2.23. The van der Waals surface area contributed by atoms with E-state index in [1.54, 1.807) is 4.90 Å². The predicted octanol–water partition coefficient (Wildman–Crippen LogP) is 1.50. The van der Waals surface area contributed by atoms with Gasteiger partial charge in [0.15, 0.2) is 0 Å². The van der Waals surface area contributed by atoms with Crippen LogP contribution in [0.3, 0.4) is 0 Å². The van der Waals surface area contributed by atoms with Gasteiger partial charge in [0.1, 0.15) is 0 Å². The lowest BCUT2D eigenvalue weighted by Crippen LogP contribution is -2.36. The molecule has 0 saturated carbocycles. The van der Waals surface area contributed by atoms with Crippen molar-refractivity contribution in [3.8, 4) is 0 Å². The Morgan fingerprint density at radius 1 is 1.40 bits per heavy atom. The van der Waals surface area contributed by atoms with E-state index >= 15 is 0 Å². The summed E-state index contributed by atoms with van der Waals surface area (Å²) in [7, 11) is 0. The highest BCUT2D eigenvalue weighted by molar-refractivity contribution is 5.80. The maximum absolute atomic E-state index is 11.5. The van der Waals surface area contributed by atoms with Crippen LogP contribution in [0.4, 0.5) is 0 Å². The van der Waals surface area contributed by atoms with Crippen molar-refractivity contribution in [2.45, 2.75) is 39.5 Å². The Hall–Kier alpha value is -1.06. The highest BCUT2D eigenvalue weighted by Crippen LogP contribution is 2.35. The van der Waals surface area contributed by atoms with E-state index in [1.165, 1.54) is 0 Å². The Morgan fingerprint density at radius 3 is 2.53 bits per heavy atom. The number of hydrogen-bond donors (Lipinski definition) is 1. The van der Waals surface area contributed by atoms with E-state index in [1.807, 2.05) is 13.8 Å². The molecule has 0 aliphatic carbocycles. The summed E-state index contributed by atoms with van der Waals surface area (Å²) in [6.07, 6.45) is 2.57. The fourth-order valence-electron chi connectivity index (χ4n) is 2.27. The summed E-state index contributed by atoms with van der Waals surface area (Å²) in [6, 6.07) is 0. The van der Waals surface area contributed by atoms with Crippen LogP contribution < -0.4 is 0 Å². The van der Waals surface area contributed by atoms with Crippen molar-refractivity contribution in [3.63, 3.8) is 0 Å². The molecule has 1 saturated heterocycles. The van der Waals surface area contributed by atoms with Gasteiger partial charge in [-0.15, -0.1) is 0 Å². The number of amides is 1. The van der Waals surface area contributed by atoms with E-state index < -0.39 is 11.4 Å². The first-order valence-corrected chi connectivity index (χ1v) is 5.57. The molecule has 1 aliphatic rings. The first-order valence-electron chi connectivity index (χ1n) is 5.57. The first-order chi connectivity index (χ1) is 7.05. The molecule has 0 aromatic heterocycles. The molecule has 0 bridgehead atoms. The van der Waals surface area contributed by atoms with Crippen molar-refractivity contribution in [3.05, 3.63) is 0 Å². The average Bonchev–Trinajstić information content (AvgIpc) is 2.63. The third-order valence-electron chi connectivity index (χ3n) is 3.19. The number of rotatable bonds is 4. The van der Waals surface area contributed by atoms with Crippen LogP contribution in [0.5, 0.6) is 0 Å². The van der Waals surface area contributed by atoms with Gasteiger partial charge in [0, 0.05) is 19.5 Å². The van der Waals surface area contributed by atoms with Crippen molar-refractivity contribution in [1.29, 1.82) is 0 Å². The van der Waals surface area contributed by atoms with Crippen LogP contribution in [0.1, 0.15) is 39.5 Å². The number of carboxylic acids is 1. The molecule has 0 spiro atoms. The predicted molar refractivity (Wildman–Crippen MR) is 56.5 cm³/mol. The molecule has 1 amide bonds. The summed E-state index contributed by atoms with van der Waals surface area (Å²) in [4.78, 5) is 24.4. The molecule has 1 aliphatic heterocycles. The monoisotopic (exact) mass is 213 g/mol. The zero-order chi connectivity index (χ0) is 11.5. The van der Waals surface area contributed by atoms with Gasteiger partial charge in [0.25, 0.3) is 0 Å². The summed E-state index contributed by atoms with van der Waals surface area (Å²) >= 11 is 0. The van der Waals surface area contributed by atoms with Gasteiger partial charge < -0.3 is 10.0 Å². The maximum Gasteiger partial charge on any atom is 0.311 e. The number of carbonyl (C=O) groups is 2. The second-order valence-electron chi connectivity index (χ2n) is 4.25. The fourth-order valence-corrected chi connectivity index (χ4v) is 2.27. The minimum Gasteiger partial charge on any atom is -0.481 e. The number of aliphatic carboxylic acids is 1. The van der Waals surface area contributed by atoms with Crippen molar-refractivity contribution >= 4 is 11.9 Å². The molecule has 1 N–H and O–H groups in total. The van der Waals surface area contributed by atoms with E-state index in [0.29, 0.717) is 32.4 Å². The van der Waals surface area contributed by atoms with Crippen LogP contribution in [0.2, 0.25) is 0 Å². The largest absolute Gasteiger partial charge is 0.481 e. The topological polar surface area (TPSA) is 57.6 Å². The summed E-state index contributed by atoms with van der Waals surface area (Å²) in [5, 5.41) is 9.23. The molecule has 1 rings (SSSR count). The quantitative estimate of drug-likeness (QED) is 0.770. The molecule has 0 radical (unpaired) electrons. The van der Waals surface area contributed by atoms with Gasteiger partial charge in [0.2, 0.25) is 5.91 Å². The minimum atomic E-state index is -0.754. The van der Waals surface area contributed by atoms with Crippen LogP contribution in [0.25, 0.3) is 0 Å². The normalized spacial score (nSPS) is 25.6. The van der Waals surface area contributed by atoms with E-state index in [2.05, 4.69) is 0 Å². The third-order valence-corrected chi connectivity index (χ3v) is 3.19. The van der Waals surface area contributed by atoms with Crippen LogP contribution in [0.15, 0.2) is 0 Å². The maximum atomic E-state index is 11.5. The second-order valence-corrected chi connectivity index (χ2v) is 4.25. The standard InChI is InChI=1S/C11H19NO3/c1-3-5-11(10(14)15)6-7-12(8-11)9(13)4-2/h3-8H2,1-2H3,(H,14,15). The van der Waals surface area contributed by atoms with E-state index in [0.717, 1.165) is 6.42 Å². The smallest absolute Gasteiger partial charge is 0.311 e. The lowest BCUT2D eigenvalue weighted by atomic mass is 9.83. The number of hydrogen-bond acceptors (Lipinski definition) is 2. The number of carbonyl (C=O) groups excluding carboxylic acids is 1. The molecule has 4 heteroatoms. The number of likely N-dealkylation sites (tertiary alicyclic amines) is 1. The van der Waals surface area contributed by atoms with Crippen molar-refractivity contribution < 1.29 is 14.7 Å². The van der Waals surface area contributed by atoms with Gasteiger partial charge in [-0.1, -0.05) is 20.3 Å². The van der Waals surface area contributed by atoms with Crippen LogP contribution in [0, 0.1) is 5.41 Å². The van der Waals surface area contributed by atoms with Crippen LogP contribution >= 0.6 is 0 Å². The Kier molecular flexibility index (Phi) is 3.72. The molecule has 1 fully saturated rings. The van der Waals surface area contributed by atoms with E-state index in [-0.39, 0.29) is 5.91 Å². The zero-order valence-corrected chi connectivity index (χ0v) is 9.45. The van der Waals surface area contributed by atoms with Crippen molar-refractivity contribution in [2.24, 2.45) is 5.41 Å². The number of carboxylic acid groups (broad SMARTS) is 1. The SMILES string of the molecule is CCCC1(C(=O)O)CCN(C(=O)CC)C1. The Morgan fingerprint density at radius 2 is 2.07 bits per heavy atom. The van der Waals surface area contributed by atoms with Gasteiger partial charge in [-0.25, -0.2) is 0 Å². The Bertz CT molecular complexity index is 265. The molecule has 1 unspecified atom stereocenters. The van der Waals surface area contributed by atoms with Gasteiger partial charge in [-0.05, 0) is 12.8 Å². The van der Waals surface area contributed by atoms with Crippen molar-refractivity contribution in [2.75, 3.05) is 13.1 Å². The molecule has 1 atom stereocenters. The minimum absolute atomic E-state index is 0.0641. The highest BCUT2D eigenvalue weighted by atomic mass is 16.4. The number of nitrogens with zero attached hydrogens (tertiary/aromatic N) is 1. The third kappa shape index (κ3) is 2.30. The molecule has 4 nitrogen and oxygen atoms in total. The van der Waals surface area contributed by atoms with Crippen molar-refractivity contribution in [1.82, 2.24) is 4.90 Å². The first kappa shape index (κ1) is 12.0. The Labute approximate surface area is 90.3 Å². The van der Waals surface area contributed by atoms with Crippen LogP contribution in [-0.2, 0) is 9.59 Å². The van der Waals surface area contributed by atoms with E-state index in [9.17, 15) is 14.7 Å². The van der Waals surface area contributed by atoms with Gasteiger partial charge >= 0.3 is 5.97 Å². The Balaban J connectivity index is 2.72. The zero-order valence-electron chi connectivity index (χ0n) is 9.45. The molecular weight excluding hydrogens is 194 g/mol. The summed E-state index contributed by atoms with van der Waals surface area (Å²) in [6.45, 7) is 4.78. The lowest BCUT2D eigenvalue weighted by molar-refractivity contribution is -0.149. The van der Waals surface area contributed by atoms with Gasteiger partial charge in [0.05, 0.1) is 5.41 Å².